The summed E-state index contributed by atoms with van der Waals surface area (Å²) in [5, 5.41) is 9.29. The molecule has 0 amide bonds. The molecule has 12 heteroatoms. The summed E-state index contributed by atoms with van der Waals surface area (Å²) in [6.07, 6.45) is 0. The van der Waals surface area contributed by atoms with Crippen molar-refractivity contribution in [2.75, 3.05) is 10.6 Å². The largest absolute Gasteiger partial charge is 0.507 e. The lowest BCUT2D eigenvalue weighted by Crippen LogP contribution is -2.03. The molecule has 0 aromatic heterocycles. The van der Waals surface area contributed by atoms with Crippen LogP contribution in [0.2, 0.25) is 0 Å². The van der Waals surface area contributed by atoms with Crippen molar-refractivity contribution < 1.29 is 31.0 Å². The fraction of sp³-hybridized carbons (Fsp3) is 0. The third-order valence-corrected chi connectivity index (χ3v) is 5.48. The summed E-state index contributed by atoms with van der Waals surface area (Å²) in [7, 11) is -9.34. The molecule has 3 rings (SSSR count). The van der Waals surface area contributed by atoms with Crippen LogP contribution in [0.3, 0.4) is 0 Å². The van der Waals surface area contributed by atoms with Crippen molar-refractivity contribution in [2.45, 2.75) is 9.79 Å². The molecule has 0 spiro atoms. The smallest absolute Gasteiger partial charge is 0.295 e. The predicted octanol–water partition coefficient (Wildman–Crippen LogP) is 2.87. The Morgan fingerprint density at radius 2 is 1.50 bits per heavy atom. The van der Waals surface area contributed by atoms with Crippen LogP contribution < -0.4 is 10.6 Å². The summed E-state index contributed by atoms with van der Waals surface area (Å²) < 4.78 is 62.7. The lowest BCUT2D eigenvalue weighted by atomic mass is 10.1. The average Bonchev–Trinajstić information content (AvgIpc) is 2.61. The zero-order valence-corrected chi connectivity index (χ0v) is 16.3. The van der Waals surface area contributed by atoms with Gasteiger partial charge in [-0.05, 0) is 30.3 Å². The minimum Gasteiger partial charge on any atom is -0.507 e. The van der Waals surface area contributed by atoms with Crippen LogP contribution in [0, 0.1) is 0 Å². The molecule has 150 valence electrons. The van der Waals surface area contributed by atoms with Crippen LogP contribution in [-0.2, 0) is 20.2 Å². The first kappa shape index (κ1) is 21.7. The molecule has 3 aromatic rings. The van der Waals surface area contributed by atoms with Gasteiger partial charge in [0.05, 0.1) is 4.90 Å². The van der Waals surface area contributed by atoms with Crippen molar-refractivity contribution in [1.29, 1.82) is 0 Å². The Bertz CT molecular complexity index is 1210. The van der Waals surface area contributed by atoms with Gasteiger partial charge in [0.15, 0.2) is 0 Å². The van der Waals surface area contributed by atoms with E-state index in [9.17, 15) is 21.9 Å². The molecule has 0 radical (unpaired) electrons. The third-order valence-electron chi connectivity index (χ3n) is 3.52. The number of anilines is 2. The first-order chi connectivity index (χ1) is 12.9. The Morgan fingerprint density at radius 3 is 1.96 bits per heavy atom. The molecule has 0 saturated heterocycles. The van der Waals surface area contributed by atoms with E-state index in [0.717, 1.165) is 30.0 Å². The molecule has 0 atom stereocenters. The maximum Gasteiger partial charge on any atom is 0.295 e. The molecule has 0 aliphatic rings. The van der Waals surface area contributed by atoms with Crippen molar-refractivity contribution in [3.05, 3.63) is 54.6 Å². The van der Waals surface area contributed by atoms with Gasteiger partial charge in [0.2, 0.25) is 0 Å². The average molecular weight is 447 g/mol. The summed E-state index contributed by atoms with van der Waals surface area (Å²) in [6, 6.07) is 13.2. The van der Waals surface area contributed by atoms with Gasteiger partial charge >= 0.3 is 0 Å². The lowest BCUT2D eigenvalue weighted by molar-refractivity contribution is 0.470. The van der Waals surface area contributed by atoms with E-state index in [1.807, 2.05) is 30.3 Å². The van der Waals surface area contributed by atoms with E-state index in [1.54, 1.807) is 0 Å². The molecular weight excluding hydrogens is 432 g/mol. The highest BCUT2D eigenvalue weighted by molar-refractivity contribution is 7.86. The molecule has 6 N–H and O–H groups in total. The Balaban J connectivity index is 0.000000292. The molecule has 9 nitrogen and oxygen atoms in total. The van der Waals surface area contributed by atoms with E-state index < -0.39 is 35.8 Å². The summed E-state index contributed by atoms with van der Waals surface area (Å²) >= 11 is 5.28. The number of hydrogen-bond donors (Lipinski definition) is 5. The fourth-order valence-corrected chi connectivity index (χ4v) is 3.64. The highest BCUT2D eigenvalue weighted by Gasteiger charge is 2.21. The standard InChI is InChI=1S/C10H9NO7S2.C6H6ClN/c11-7-1-2-9(20(16,17)18)6-3-5(19(13,14)15)4-8(12)10(6)7;7-8-6-4-2-1-3-5-6/h1-4,12H,11H2,(H,13,14,15)(H,16,17,18);1-5,8H. The number of halogens is 1. The first-order valence-electron chi connectivity index (χ1n) is 7.37. The Hall–Kier alpha value is -2.57. The van der Waals surface area contributed by atoms with E-state index in [4.69, 9.17) is 26.6 Å². The van der Waals surface area contributed by atoms with Gasteiger partial charge in [-0.25, -0.2) is 0 Å². The molecule has 0 fully saturated rings. The summed E-state index contributed by atoms with van der Waals surface area (Å²) in [4.78, 5) is 1.14. The molecular formula is C16H15ClN2O7S2. The Kier molecular flexibility index (Phi) is 6.37. The van der Waals surface area contributed by atoms with Crippen molar-refractivity contribution in [3.8, 4) is 5.75 Å². The number of nitrogen functional groups attached to an aromatic ring is 1. The molecule has 0 aliphatic heterocycles. The quantitative estimate of drug-likeness (QED) is 0.231. The van der Waals surface area contributed by atoms with Crippen molar-refractivity contribution >= 4 is 54.2 Å². The third kappa shape index (κ3) is 5.03. The maximum atomic E-state index is 11.3. The van der Waals surface area contributed by atoms with Crippen LogP contribution in [0.4, 0.5) is 11.4 Å². The normalized spacial score (nSPS) is 11.5. The second-order valence-corrected chi connectivity index (χ2v) is 8.43. The number of phenols is 1. The van der Waals surface area contributed by atoms with Gasteiger partial charge in [-0.15, -0.1) is 0 Å². The number of rotatable bonds is 3. The molecule has 0 heterocycles. The zero-order chi connectivity index (χ0) is 21.1. The highest BCUT2D eigenvalue weighted by atomic mass is 35.5. The minimum absolute atomic E-state index is 0.0215. The van der Waals surface area contributed by atoms with Crippen LogP contribution in [0.1, 0.15) is 0 Å². The van der Waals surface area contributed by atoms with Crippen LogP contribution in [-0.4, -0.2) is 31.0 Å². The monoisotopic (exact) mass is 446 g/mol. The van der Waals surface area contributed by atoms with Crippen molar-refractivity contribution in [2.24, 2.45) is 0 Å². The van der Waals surface area contributed by atoms with E-state index in [2.05, 4.69) is 4.84 Å². The van der Waals surface area contributed by atoms with Crippen LogP contribution in [0.15, 0.2) is 64.4 Å². The Labute approximate surface area is 166 Å². The Morgan fingerprint density at radius 1 is 0.893 bits per heavy atom. The SMILES string of the molecule is ClNc1ccccc1.Nc1ccc(S(=O)(=O)O)c2cc(S(=O)(=O)O)cc(O)c12. The zero-order valence-electron chi connectivity index (χ0n) is 13.9. The highest BCUT2D eigenvalue weighted by Crippen LogP contribution is 2.36. The van der Waals surface area contributed by atoms with Gasteiger partial charge in [0, 0.05) is 40.0 Å². The number of nitrogens with two attached hydrogens (primary N) is 1. The predicted molar refractivity (Wildman–Crippen MR) is 106 cm³/mol. The maximum absolute atomic E-state index is 11.3. The molecule has 3 aromatic carbocycles. The molecule has 0 bridgehead atoms. The minimum atomic E-state index is -4.67. The molecule has 0 saturated carbocycles. The number of phenolic OH excluding ortho intramolecular Hbond substituents is 1. The van der Waals surface area contributed by atoms with Crippen molar-refractivity contribution in [1.82, 2.24) is 0 Å². The van der Waals surface area contributed by atoms with Gasteiger partial charge in [0.1, 0.15) is 10.6 Å². The number of para-hydroxylation sites is 1. The van der Waals surface area contributed by atoms with Crippen LogP contribution in [0.5, 0.6) is 5.75 Å². The van der Waals surface area contributed by atoms with E-state index in [-0.39, 0.29) is 16.5 Å². The second-order valence-electron chi connectivity index (χ2n) is 5.43. The number of benzene rings is 3. The number of nitrogens with one attached hydrogen (secondary N) is 1. The van der Waals surface area contributed by atoms with Crippen LogP contribution in [0.25, 0.3) is 10.8 Å². The molecule has 0 unspecified atom stereocenters. The number of aromatic hydroxyl groups is 1. The van der Waals surface area contributed by atoms with Gasteiger partial charge < -0.3 is 10.8 Å². The first-order valence-corrected chi connectivity index (χ1v) is 10.6. The second kappa shape index (κ2) is 8.20. The topological polar surface area (TPSA) is 167 Å². The van der Waals surface area contributed by atoms with Gasteiger partial charge in [0.25, 0.3) is 20.2 Å². The van der Waals surface area contributed by atoms with Gasteiger partial charge in [-0.3, -0.25) is 13.9 Å². The van der Waals surface area contributed by atoms with E-state index in [1.165, 1.54) is 0 Å². The van der Waals surface area contributed by atoms with Gasteiger partial charge in [-0.1, -0.05) is 18.2 Å². The molecule has 0 aliphatic carbocycles. The molecule has 28 heavy (non-hydrogen) atoms. The van der Waals surface area contributed by atoms with E-state index in [0.29, 0.717) is 0 Å². The van der Waals surface area contributed by atoms with Gasteiger partial charge in [-0.2, -0.15) is 16.8 Å². The van der Waals surface area contributed by atoms with E-state index >= 15 is 0 Å². The summed E-state index contributed by atoms with van der Waals surface area (Å²) in [5.41, 5.74) is 6.48. The number of fused-ring (bicyclic) bond motifs is 1. The number of hydrogen-bond acceptors (Lipinski definition) is 7. The summed E-state index contributed by atoms with van der Waals surface area (Å²) in [6.45, 7) is 0. The lowest BCUT2D eigenvalue weighted by Gasteiger charge is -2.10. The summed E-state index contributed by atoms with van der Waals surface area (Å²) in [5.74, 6) is -0.641. The van der Waals surface area contributed by atoms with Crippen molar-refractivity contribution in [3.63, 3.8) is 0 Å². The van der Waals surface area contributed by atoms with Crippen LogP contribution >= 0.6 is 11.8 Å². The fourth-order valence-electron chi connectivity index (χ4n) is 2.31.